The first kappa shape index (κ1) is 8.27. The number of primary amides is 1. The van der Waals surface area contributed by atoms with Gasteiger partial charge in [-0.05, 0) is 6.92 Å². The van der Waals surface area contributed by atoms with Crippen molar-refractivity contribution in [2.45, 2.75) is 13.0 Å². The maximum atomic E-state index is 10.7. The average Bonchev–Trinajstić information content (AvgIpc) is 2.50. The second kappa shape index (κ2) is 3.05. The summed E-state index contributed by atoms with van der Waals surface area (Å²) in [5.41, 5.74) is 5.46. The van der Waals surface area contributed by atoms with Crippen LogP contribution in [0.15, 0.2) is 12.4 Å². The Labute approximate surface area is 69.4 Å². The van der Waals surface area contributed by atoms with Crippen LogP contribution < -0.4 is 5.73 Å². The number of amides is 1. The predicted molar refractivity (Wildman–Crippen MR) is 40.8 cm³/mol. The third-order valence-corrected chi connectivity index (χ3v) is 1.54. The molecule has 1 rings (SSSR count). The molecule has 5 heteroatoms. The van der Waals surface area contributed by atoms with Crippen molar-refractivity contribution < 1.29 is 4.79 Å². The van der Waals surface area contributed by atoms with Gasteiger partial charge in [0.2, 0.25) is 5.91 Å². The van der Waals surface area contributed by atoms with Crippen LogP contribution in [0, 0.1) is 11.3 Å². The maximum absolute atomic E-state index is 10.7. The van der Waals surface area contributed by atoms with Crippen LogP contribution in [0.5, 0.6) is 0 Å². The fourth-order valence-electron chi connectivity index (χ4n) is 0.738. The topological polar surface area (TPSA) is 84.7 Å². The van der Waals surface area contributed by atoms with E-state index in [9.17, 15) is 4.79 Å². The zero-order valence-electron chi connectivity index (χ0n) is 6.56. The zero-order chi connectivity index (χ0) is 9.14. The Morgan fingerprint density at radius 3 is 3.00 bits per heavy atom. The van der Waals surface area contributed by atoms with E-state index < -0.39 is 11.9 Å². The van der Waals surface area contributed by atoms with Gasteiger partial charge in [-0.15, -0.1) is 0 Å². The van der Waals surface area contributed by atoms with E-state index in [4.69, 9.17) is 11.0 Å². The van der Waals surface area contributed by atoms with Crippen LogP contribution in [0.3, 0.4) is 0 Å². The molecule has 1 heterocycles. The largest absolute Gasteiger partial charge is 0.368 e. The standard InChI is InChI=1S/C7H8N4O/c1-5(7(9)12)11-4-6(2-8)3-10-11/h3-5H,1H3,(H2,9,12). The Bertz CT molecular complexity index is 335. The van der Waals surface area contributed by atoms with Crippen molar-refractivity contribution in [2.75, 3.05) is 0 Å². The molecule has 0 saturated heterocycles. The number of nitriles is 1. The van der Waals surface area contributed by atoms with Gasteiger partial charge in [-0.25, -0.2) is 0 Å². The van der Waals surface area contributed by atoms with Crippen LogP contribution in [0.4, 0.5) is 0 Å². The summed E-state index contributed by atoms with van der Waals surface area (Å²) in [7, 11) is 0. The van der Waals surface area contributed by atoms with Gasteiger partial charge in [0.05, 0.1) is 11.8 Å². The van der Waals surface area contributed by atoms with E-state index in [-0.39, 0.29) is 0 Å². The number of hydrogen-bond donors (Lipinski definition) is 1. The Hall–Kier alpha value is -1.83. The molecule has 0 aliphatic carbocycles. The lowest BCUT2D eigenvalue weighted by atomic mass is 10.3. The second-order valence-electron chi connectivity index (χ2n) is 2.40. The molecule has 1 aromatic rings. The fraction of sp³-hybridized carbons (Fsp3) is 0.286. The molecule has 2 N–H and O–H groups in total. The molecule has 1 atom stereocenters. The van der Waals surface area contributed by atoms with Crippen LogP contribution in [-0.2, 0) is 4.79 Å². The SMILES string of the molecule is CC(C(N)=O)n1cc(C#N)cn1. The number of nitrogens with two attached hydrogens (primary N) is 1. The number of carbonyl (C=O) groups excluding carboxylic acids is 1. The third-order valence-electron chi connectivity index (χ3n) is 1.54. The number of aromatic nitrogens is 2. The highest BCUT2D eigenvalue weighted by molar-refractivity contribution is 5.77. The van der Waals surface area contributed by atoms with Crippen molar-refractivity contribution in [2.24, 2.45) is 5.73 Å². The van der Waals surface area contributed by atoms with Crippen LogP contribution in [0.25, 0.3) is 0 Å². The minimum absolute atomic E-state index is 0.420. The van der Waals surface area contributed by atoms with E-state index in [1.807, 2.05) is 6.07 Å². The van der Waals surface area contributed by atoms with Crippen molar-refractivity contribution in [1.29, 1.82) is 5.26 Å². The molecule has 62 valence electrons. The molecule has 0 radical (unpaired) electrons. The molecule has 0 bridgehead atoms. The Balaban J connectivity index is 2.90. The first-order valence-electron chi connectivity index (χ1n) is 3.38. The maximum Gasteiger partial charge on any atom is 0.241 e. The molecule has 0 saturated carbocycles. The first-order chi connectivity index (χ1) is 5.65. The van der Waals surface area contributed by atoms with E-state index in [0.29, 0.717) is 5.56 Å². The van der Waals surface area contributed by atoms with Crippen molar-refractivity contribution in [1.82, 2.24) is 9.78 Å². The molecule has 0 aliphatic rings. The van der Waals surface area contributed by atoms with Gasteiger partial charge in [-0.3, -0.25) is 9.48 Å². The van der Waals surface area contributed by atoms with Gasteiger partial charge in [0.1, 0.15) is 12.1 Å². The fourth-order valence-corrected chi connectivity index (χ4v) is 0.738. The summed E-state index contributed by atoms with van der Waals surface area (Å²) < 4.78 is 1.36. The summed E-state index contributed by atoms with van der Waals surface area (Å²) in [6.45, 7) is 1.62. The van der Waals surface area contributed by atoms with E-state index in [1.54, 1.807) is 6.92 Å². The average molecular weight is 164 g/mol. The summed E-state index contributed by atoms with van der Waals surface area (Å²) >= 11 is 0. The van der Waals surface area contributed by atoms with Crippen molar-refractivity contribution >= 4 is 5.91 Å². The highest BCUT2D eigenvalue weighted by Crippen LogP contribution is 2.04. The molecule has 1 amide bonds. The molecule has 0 aromatic carbocycles. The Morgan fingerprint density at radius 1 is 1.92 bits per heavy atom. The predicted octanol–water partition coefficient (Wildman–Crippen LogP) is -0.199. The van der Waals surface area contributed by atoms with Crippen molar-refractivity contribution in [3.8, 4) is 6.07 Å². The van der Waals surface area contributed by atoms with Crippen LogP contribution in [0.1, 0.15) is 18.5 Å². The smallest absolute Gasteiger partial charge is 0.241 e. The highest BCUT2D eigenvalue weighted by Gasteiger charge is 2.11. The molecule has 1 unspecified atom stereocenters. The molecular weight excluding hydrogens is 156 g/mol. The number of nitrogens with zero attached hydrogens (tertiary/aromatic N) is 3. The van der Waals surface area contributed by atoms with E-state index in [1.165, 1.54) is 17.1 Å². The second-order valence-corrected chi connectivity index (χ2v) is 2.40. The summed E-state index contributed by atoms with van der Waals surface area (Å²) in [5, 5.41) is 12.3. The normalized spacial score (nSPS) is 12.0. The monoisotopic (exact) mass is 164 g/mol. The van der Waals surface area contributed by atoms with Crippen molar-refractivity contribution in [3.05, 3.63) is 18.0 Å². The van der Waals surface area contributed by atoms with Gasteiger partial charge in [-0.1, -0.05) is 0 Å². The Kier molecular flexibility index (Phi) is 2.10. The molecule has 0 fully saturated rings. The van der Waals surface area contributed by atoms with Gasteiger partial charge in [0.15, 0.2) is 0 Å². The van der Waals surface area contributed by atoms with Gasteiger partial charge in [-0.2, -0.15) is 10.4 Å². The van der Waals surface area contributed by atoms with Crippen LogP contribution in [0.2, 0.25) is 0 Å². The highest BCUT2D eigenvalue weighted by atomic mass is 16.1. The van der Waals surface area contributed by atoms with E-state index >= 15 is 0 Å². The van der Waals surface area contributed by atoms with Gasteiger partial charge >= 0.3 is 0 Å². The first-order valence-corrected chi connectivity index (χ1v) is 3.38. The van der Waals surface area contributed by atoms with Gasteiger partial charge < -0.3 is 5.73 Å². The van der Waals surface area contributed by atoms with Crippen molar-refractivity contribution in [3.63, 3.8) is 0 Å². The molecule has 5 nitrogen and oxygen atoms in total. The minimum atomic E-state index is -0.507. The van der Waals surface area contributed by atoms with Crippen LogP contribution in [-0.4, -0.2) is 15.7 Å². The minimum Gasteiger partial charge on any atom is -0.368 e. The van der Waals surface area contributed by atoms with Crippen LogP contribution >= 0.6 is 0 Å². The summed E-state index contributed by atoms with van der Waals surface area (Å²) in [6.07, 6.45) is 2.87. The Morgan fingerprint density at radius 2 is 2.58 bits per heavy atom. The lowest BCUT2D eigenvalue weighted by Crippen LogP contribution is -2.24. The number of carbonyl (C=O) groups is 1. The zero-order valence-corrected chi connectivity index (χ0v) is 6.56. The van der Waals surface area contributed by atoms with Gasteiger partial charge in [0, 0.05) is 6.20 Å². The van der Waals surface area contributed by atoms with Gasteiger partial charge in [0.25, 0.3) is 0 Å². The third kappa shape index (κ3) is 1.42. The molecular formula is C7H8N4O. The molecule has 0 spiro atoms. The summed E-state index contributed by atoms with van der Waals surface area (Å²) in [4.78, 5) is 10.7. The summed E-state index contributed by atoms with van der Waals surface area (Å²) in [6, 6.07) is 1.40. The quantitative estimate of drug-likeness (QED) is 0.656. The number of rotatable bonds is 2. The van der Waals surface area contributed by atoms with E-state index in [2.05, 4.69) is 5.10 Å². The molecule has 1 aromatic heterocycles. The number of hydrogen-bond acceptors (Lipinski definition) is 3. The summed E-state index contributed by atoms with van der Waals surface area (Å²) in [5.74, 6) is -0.470. The van der Waals surface area contributed by atoms with E-state index in [0.717, 1.165) is 0 Å². The molecule has 12 heavy (non-hydrogen) atoms. The lowest BCUT2D eigenvalue weighted by Gasteiger charge is -2.05. The molecule has 0 aliphatic heterocycles. The lowest BCUT2D eigenvalue weighted by molar-refractivity contribution is -0.120.